The van der Waals surface area contributed by atoms with Crippen molar-refractivity contribution in [2.75, 3.05) is 12.4 Å². The average molecular weight is 228 g/mol. The lowest BCUT2D eigenvalue weighted by atomic mass is 10.2. The second kappa shape index (κ2) is 3.87. The summed E-state index contributed by atoms with van der Waals surface area (Å²) in [5.41, 5.74) is 2.23. The molecule has 4 nitrogen and oxygen atoms in total. The van der Waals surface area contributed by atoms with Gasteiger partial charge in [0.05, 0.1) is 0 Å². The molecule has 0 atom stereocenters. The van der Waals surface area contributed by atoms with Crippen LogP contribution < -0.4 is 5.32 Å². The van der Waals surface area contributed by atoms with E-state index in [0.29, 0.717) is 5.92 Å². The molecule has 0 aliphatic heterocycles. The standard InChI is InChI=1S/C13H16N4/c1-14-11-7-5-10(6-8-11)13-15-12(9-3-4-9)16-17(13)2/h5-9,14H,3-4H2,1-2H3. The van der Waals surface area contributed by atoms with Crippen LogP contribution >= 0.6 is 0 Å². The Morgan fingerprint density at radius 1 is 1.24 bits per heavy atom. The van der Waals surface area contributed by atoms with Crippen molar-refractivity contribution in [3.8, 4) is 11.4 Å². The number of aryl methyl sites for hydroxylation is 1. The fourth-order valence-electron chi connectivity index (χ4n) is 1.96. The number of benzene rings is 1. The molecule has 1 aliphatic rings. The highest BCUT2D eigenvalue weighted by molar-refractivity contribution is 5.59. The van der Waals surface area contributed by atoms with Gasteiger partial charge in [0.1, 0.15) is 0 Å². The Kier molecular flexibility index (Phi) is 2.35. The van der Waals surface area contributed by atoms with Gasteiger partial charge in [0.2, 0.25) is 0 Å². The predicted molar refractivity (Wildman–Crippen MR) is 68.0 cm³/mol. The summed E-state index contributed by atoms with van der Waals surface area (Å²) >= 11 is 0. The molecule has 0 spiro atoms. The lowest BCUT2D eigenvalue weighted by molar-refractivity contribution is 0.750. The minimum Gasteiger partial charge on any atom is -0.388 e. The maximum Gasteiger partial charge on any atom is 0.158 e. The number of nitrogens with one attached hydrogen (secondary N) is 1. The van der Waals surface area contributed by atoms with Gasteiger partial charge in [0.15, 0.2) is 11.6 Å². The van der Waals surface area contributed by atoms with E-state index in [0.717, 1.165) is 22.9 Å². The van der Waals surface area contributed by atoms with E-state index in [1.54, 1.807) is 0 Å². The van der Waals surface area contributed by atoms with Gasteiger partial charge in [-0.3, -0.25) is 0 Å². The van der Waals surface area contributed by atoms with Gasteiger partial charge >= 0.3 is 0 Å². The molecule has 0 radical (unpaired) electrons. The lowest BCUT2D eigenvalue weighted by Crippen LogP contribution is -1.95. The quantitative estimate of drug-likeness (QED) is 0.877. The van der Waals surface area contributed by atoms with Crippen LogP contribution in [0.2, 0.25) is 0 Å². The van der Waals surface area contributed by atoms with Crippen LogP contribution in [0.4, 0.5) is 5.69 Å². The Morgan fingerprint density at radius 2 is 1.94 bits per heavy atom. The van der Waals surface area contributed by atoms with Gasteiger partial charge in [-0.2, -0.15) is 5.10 Å². The molecule has 17 heavy (non-hydrogen) atoms. The van der Waals surface area contributed by atoms with Crippen molar-refractivity contribution in [1.29, 1.82) is 0 Å². The van der Waals surface area contributed by atoms with E-state index < -0.39 is 0 Å². The lowest BCUT2D eigenvalue weighted by Gasteiger charge is -2.02. The van der Waals surface area contributed by atoms with E-state index in [4.69, 9.17) is 0 Å². The Bertz CT molecular complexity index is 523. The first kappa shape index (κ1) is 10.3. The number of anilines is 1. The molecule has 1 heterocycles. The topological polar surface area (TPSA) is 42.7 Å². The van der Waals surface area contributed by atoms with Crippen LogP contribution in [0.1, 0.15) is 24.6 Å². The maximum atomic E-state index is 4.63. The first-order valence-corrected chi connectivity index (χ1v) is 5.97. The molecular weight excluding hydrogens is 212 g/mol. The number of hydrogen-bond acceptors (Lipinski definition) is 3. The third kappa shape index (κ3) is 1.90. The molecule has 1 aliphatic carbocycles. The first-order chi connectivity index (χ1) is 8.28. The summed E-state index contributed by atoms with van der Waals surface area (Å²) in [5, 5.41) is 7.59. The van der Waals surface area contributed by atoms with Crippen molar-refractivity contribution in [1.82, 2.24) is 14.8 Å². The summed E-state index contributed by atoms with van der Waals surface area (Å²) in [6, 6.07) is 8.26. The van der Waals surface area contributed by atoms with Gasteiger partial charge in [-0.05, 0) is 37.1 Å². The third-order valence-corrected chi connectivity index (χ3v) is 3.15. The molecule has 88 valence electrons. The van der Waals surface area contributed by atoms with Crippen molar-refractivity contribution < 1.29 is 0 Å². The summed E-state index contributed by atoms with van der Waals surface area (Å²) < 4.78 is 1.88. The van der Waals surface area contributed by atoms with E-state index in [1.807, 2.05) is 18.8 Å². The van der Waals surface area contributed by atoms with Crippen LogP contribution in [0.5, 0.6) is 0 Å². The van der Waals surface area contributed by atoms with Crippen LogP contribution in [-0.2, 0) is 7.05 Å². The smallest absolute Gasteiger partial charge is 0.158 e. The molecule has 1 saturated carbocycles. The van der Waals surface area contributed by atoms with Crippen molar-refractivity contribution >= 4 is 5.69 Å². The van der Waals surface area contributed by atoms with Gasteiger partial charge in [0, 0.05) is 31.3 Å². The minimum absolute atomic E-state index is 0.603. The highest BCUT2D eigenvalue weighted by atomic mass is 15.3. The minimum atomic E-state index is 0.603. The molecule has 2 aromatic rings. The number of nitrogens with zero attached hydrogens (tertiary/aromatic N) is 3. The molecule has 0 saturated heterocycles. The molecule has 4 heteroatoms. The second-order valence-corrected chi connectivity index (χ2v) is 4.52. The van der Waals surface area contributed by atoms with Crippen LogP contribution in [-0.4, -0.2) is 21.8 Å². The summed E-state index contributed by atoms with van der Waals surface area (Å²) in [4.78, 5) is 4.63. The van der Waals surface area contributed by atoms with E-state index in [-0.39, 0.29) is 0 Å². The SMILES string of the molecule is CNc1ccc(-c2nc(C3CC3)nn2C)cc1. The molecule has 1 aromatic heterocycles. The zero-order valence-electron chi connectivity index (χ0n) is 10.1. The Labute approximate surface area is 101 Å². The van der Waals surface area contributed by atoms with Gasteiger partial charge < -0.3 is 5.32 Å². The highest BCUT2D eigenvalue weighted by Crippen LogP contribution is 2.38. The molecule has 1 aromatic carbocycles. The van der Waals surface area contributed by atoms with Crippen molar-refractivity contribution in [3.05, 3.63) is 30.1 Å². The molecule has 0 amide bonds. The van der Waals surface area contributed by atoms with E-state index in [9.17, 15) is 0 Å². The van der Waals surface area contributed by atoms with Crippen LogP contribution in [0, 0.1) is 0 Å². The normalized spacial score (nSPS) is 14.9. The molecule has 3 rings (SSSR count). The number of rotatable bonds is 3. The Morgan fingerprint density at radius 3 is 2.53 bits per heavy atom. The van der Waals surface area contributed by atoms with Gasteiger partial charge in [-0.25, -0.2) is 9.67 Å². The van der Waals surface area contributed by atoms with Gasteiger partial charge in [-0.15, -0.1) is 0 Å². The fraction of sp³-hybridized carbons (Fsp3) is 0.385. The highest BCUT2D eigenvalue weighted by Gasteiger charge is 2.28. The molecule has 1 fully saturated rings. The zero-order chi connectivity index (χ0) is 11.8. The monoisotopic (exact) mass is 228 g/mol. The number of aromatic nitrogens is 3. The molecule has 0 unspecified atom stereocenters. The van der Waals surface area contributed by atoms with Crippen molar-refractivity contribution in [3.63, 3.8) is 0 Å². The predicted octanol–water partition coefficient (Wildman–Crippen LogP) is 2.40. The van der Waals surface area contributed by atoms with E-state index >= 15 is 0 Å². The zero-order valence-corrected chi connectivity index (χ0v) is 10.1. The molecule has 1 N–H and O–H groups in total. The third-order valence-electron chi connectivity index (χ3n) is 3.15. The maximum absolute atomic E-state index is 4.63. The van der Waals surface area contributed by atoms with Gasteiger partial charge in [-0.1, -0.05) is 0 Å². The summed E-state index contributed by atoms with van der Waals surface area (Å²) in [5.74, 6) is 2.56. The van der Waals surface area contributed by atoms with Crippen LogP contribution in [0.25, 0.3) is 11.4 Å². The Hall–Kier alpha value is -1.84. The van der Waals surface area contributed by atoms with E-state index in [2.05, 4.69) is 39.7 Å². The summed E-state index contributed by atoms with van der Waals surface area (Å²) in [6.07, 6.45) is 2.48. The first-order valence-electron chi connectivity index (χ1n) is 5.97. The van der Waals surface area contributed by atoms with Gasteiger partial charge in [0.25, 0.3) is 0 Å². The Balaban J connectivity index is 1.95. The van der Waals surface area contributed by atoms with Crippen molar-refractivity contribution in [2.24, 2.45) is 7.05 Å². The average Bonchev–Trinajstić information content (AvgIpc) is 3.13. The van der Waals surface area contributed by atoms with Crippen molar-refractivity contribution in [2.45, 2.75) is 18.8 Å². The summed E-state index contributed by atoms with van der Waals surface area (Å²) in [7, 11) is 3.88. The van der Waals surface area contributed by atoms with Crippen LogP contribution in [0.15, 0.2) is 24.3 Å². The fourth-order valence-corrected chi connectivity index (χ4v) is 1.96. The number of hydrogen-bond donors (Lipinski definition) is 1. The second-order valence-electron chi connectivity index (χ2n) is 4.52. The summed E-state index contributed by atoms with van der Waals surface area (Å²) in [6.45, 7) is 0. The molecule has 0 bridgehead atoms. The van der Waals surface area contributed by atoms with E-state index in [1.165, 1.54) is 12.8 Å². The van der Waals surface area contributed by atoms with Crippen LogP contribution in [0.3, 0.4) is 0 Å². The largest absolute Gasteiger partial charge is 0.388 e. The molecular formula is C13H16N4.